The summed E-state index contributed by atoms with van der Waals surface area (Å²) in [5.41, 5.74) is 0.417. The Morgan fingerprint density at radius 3 is 2.08 bits per heavy atom. The van der Waals surface area contributed by atoms with E-state index in [1.54, 1.807) is 24.3 Å². The molecule has 0 bridgehead atoms. The van der Waals surface area contributed by atoms with Crippen LogP contribution < -0.4 is 0 Å². The molecule has 3 rings (SSSR count). The SMILES string of the molecule is O=Cc1ccc(S(=O)(=O)c2ccc(C(=O)O)c3ccccc23)cc1. The van der Waals surface area contributed by atoms with Gasteiger partial charge in [0.15, 0.2) is 0 Å². The molecule has 6 heteroatoms. The number of carbonyl (C=O) groups excluding carboxylic acids is 1. The van der Waals surface area contributed by atoms with E-state index in [0.29, 0.717) is 22.6 Å². The number of benzene rings is 3. The standard InChI is InChI=1S/C18H12O5S/c19-11-12-5-7-13(8-6-12)24(22,23)17-10-9-16(18(20)21)14-3-1-2-4-15(14)17/h1-11H,(H,20,21). The molecule has 0 amide bonds. The van der Waals surface area contributed by atoms with Crippen LogP contribution >= 0.6 is 0 Å². The second-order valence-electron chi connectivity index (χ2n) is 5.15. The van der Waals surface area contributed by atoms with Gasteiger partial charge in [0.05, 0.1) is 15.4 Å². The van der Waals surface area contributed by atoms with Crippen LogP contribution in [-0.4, -0.2) is 25.8 Å². The normalized spacial score (nSPS) is 11.3. The number of hydrogen-bond donors (Lipinski definition) is 1. The number of rotatable bonds is 4. The lowest BCUT2D eigenvalue weighted by molar-refractivity contribution is 0.0699. The van der Waals surface area contributed by atoms with Crippen molar-refractivity contribution in [1.29, 1.82) is 0 Å². The number of carboxylic acid groups (broad SMARTS) is 1. The maximum Gasteiger partial charge on any atom is 0.336 e. The molecule has 0 unspecified atom stereocenters. The molecule has 0 saturated heterocycles. The molecule has 0 aliphatic carbocycles. The molecule has 0 fully saturated rings. The van der Waals surface area contributed by atoms with Crippen LogP contribution in [0.25, 0.3) is 10.8 Å². The Balaban J connectivity index is 2.26. The molecule has 3 aromatic carbocycles. The molecule has 0 atom stereocenters. The zero-order chi connectivity index (χ0) is 17.3. The third kappa shape index (κ3) is 2.57. The summed E-state index contributed by atoms with van der Waals surface area (Å²) < 4.78 is 25.8. The van der Waals surface area contributed by atoms with Crippen LogP contribution in [0.3, 0.4) is 0 Å². The number of aromatic carboxylic acids is 1. The van der Waals surface area contributed by atoms with E-state index in [-0.39, 0.29) is 15.4 Å². The average Bonchev–Trinajstić information content (AvgIpc) is 2.60. The summed E-state index contributed by atoms with van der Waals surface area (Å²) in [4.78, 5) is 22.1. The molecule has 24 heavy (non-hydrogen) atoms. The number of aldehydes is 1. The van der Waals surface area contributed by atoms with Crippen LogP contribution in [0.4, 0.5) is 0 Å². The Morgan fingerprint density at radius 2 is 1.50 bits per heavy atom. The summed E-state index contributed by atoms with van der Waals surface area (Å²) in [7, 11) is -3.84. The van der Waals surface area contributed by atoms with Crippen molar-refractivity contribution in [2.75, 3.05) is 0 Å². The van der Waals surface area contributed by atoms with Gasteiger partial charge in [-0.15, -0.1) is 0 Å². The van der Waals surface area contributed by atoms with Gasteiger partial charge >= 0.3 is 5.97 Å². The monoisotopic (exact) mass is 340 g/mol. The second-order valence-corrected chi connectivity index (χ2v) is 7.07. The van der Waals surface area contributed by atoms with Gasteiger partial charge in [-0.1, -0.05) is 36.4 Å². The van der Waals surface area contributed by atoms with E-state index < -0.39 is 15.8 Å². The van der Waals surface area contributed by atoms with Crippen LogP contribution in [0, 0.1) is 0 Å². The summed E-state index contributed by atoms with van der Waals surface area (Å²) in [5, 5.41) is 9.97. The van der Waals surface area contributed by atoms with Gasteiger partial charge in [0.1, 0.15) is 6.29 Å². The Hall–Kier alpha value is -2.99. The van der Waals surface area contributed by atoms with Gasteiger partial charge in [-0.25, -0.2) is 13.2 Å². The molecule has 0 heterocycles. The minimum Gasteiger partial charge on any atom is -0.478 e. The van der Waals surface area contributed by atoms with Gasteiger partial charge in [0.2, 0.25) is 9.84 Å². The maximum atomic E-state index is 12.9. The molecule has 0 aliphatic rings. The van der Waals surface area contributed by atoms with E-state index in [1.807, 2.05) is 0 Å². The van der Waals surface area contributed by atoms with Crippen molar-refractivity contribution in [3.63, 3.8) is 0 Å². The molecular weight excluding hydrogens is 328 g/mol. The predicted molar refractivity (Wildman–Crippen MR) is 88.2 cm³/mol. The Bertz CT molecular complexity index is 1050. The maximum absolute atomic E-state index is 12.9. The van der Waals surface area contributed by atoms with Crippen molar-refractivity contribution in [2.24, 2.45) is 0 Å². The first-order valence-corrected chi connectivity index (χ1v) is 8.49. The predicted octanol–water partition coefficient (Wildman–Crippen LogP) is 3.18. The van der Waals surface area contributed by atoms with Crippen LogP contribution in [0.1, 0.15) is 20.7 Å². The van der Waals surface area contributed by atoms with Crippen molar-refractivity contribution in [3.8, 4) is 0 Å². The molecular formula is C18H12O5S. The quantitative estimate of drug-likeness (QED) is 0.737. The summed E-state index contributed by atoms with van der Waals surface area (Å²) >= 11 is 0. The van der Waals surface area contributed by atoms with E-state index in [1.165, 1.54) is 36.4 Å². The molecule has 120 valence electrons. The number of sulfone groups is 1. The fourth-order valence-corrected chi connectivity index (χ4v) is 4.01. The fraction of sp³-hybridized carbons (Fsp3) is 0. The lowest BCUT2D eigenvalue weighted by atomic mass is 10.0. The third-order valence-corrected chi connectivity index (χ3v) is 5.56. The average molecular weight is 340 g/mol. The largest absolute Gasteiger partial charge is 0.478 e. The summed E-state index contributed by atoms with van der Waals surface area (Å²) in [6, 6.07) is 14.6. The van der Waals surface area contributed by atoms with Crippen molar-refractivity contribution < 1.29 is 23.1 Å². The molecule has 1 N–H and O–H groups in total. The fourth-order valence-electron chi connectivity index (χ4n) is 2.54. The number of carboxylic acids is 1. The van der Waals surface area contributed by atoms with Crippen LogP contribution in [0.5, 0.6) is 0 Å². The Morgan fingerprint density at radius 1 is 0.875 bits per heavy atom. The van der Waals surface area contributed by atoms with Gasteiger partial charge in [0.25, 0.3) is 0 Å². The first kappa shape index (κ1) is 15.9. The third-order valence-electron chi connectivity index (χ3n) is 3.73. The van der Waals surface area contributed by atoms with Gasteiger partial charge < -0.3 is 5.11 Å². The van der Waals surface area contributed by atoms with Crippen LogP contribution in [0.2, 0.25) is 0 Å². The smallest absolute Gasteiger partial charge is 0.336 e. The van der Waals surface area contributed by atoms with Crippen LogP contribution in [0.15, 0.2) is 70.5 Å². The first-order chi connectivity index (χ1) is 11.4. The summed E-state index contributed by atoms with van der Waals surface area (Å²) in [6.45, 7) is 0. The minimum absolute atomic E-state index is 0.0296. The van der Waals surface area contributed by atoms with E-state index in [4.69, 9.17) is 0 Å². The second kappa shape index (κ2) is 5.90. The van der Waals surface area contributed by atoms with Gasteiger partial charge in [-0.05, 0) is 29.7 Å². The highest BCUT2D eigenvalue weighted by molar-refractivity contribution is 7.91. The number of hydrogen-bond acceptors (Lipinski definition) is 4. The lowest BCUT2D eigenvalue weighted by Crippen LogP contribution is -2.05. The van der Waals surface area contributed by atoms with Gasteiger partial charge in [-0.3, -0.25) is 4.79 Å². The highest BCUT2D eigenvalue weighted by Gasteiger charge is 2.22. The van der Waals surface area contributed by atoms with Crippen molar-refractivity contribution in [2.45, 2.75) is 9.79 Å². The molecule has 0 spiro atoms. The Kier molecular flexibility index (Phi) is 3.91. The highest BCUT2D eigenvalue weighted by Crippen LogP contribution is 2.30. The first-order valence-electron chi connectivity index (χ1n) is 7.00. The molecule has 5 nitrogen and oxygen atoms in total. The van der Waals surface area contributed by atoms with E-state index in [9.17, 15) is 23.1 Å². The van der Waals surface area contributed by atoms with Gasteiger partial charge in [-0.2, -0.15) is 0 Å². The molecule has 0 radical (unpaired) electrons. The van der Waals surface area contributed by atoms with E-state index in [2.05, 4.69) is 0 Å². The number of fused-ring (bicyclic) bond motifs is 1. The molecule has 3 aromatic rings. The van der Waals surface area contributed by atoms with Crippen molar-refractivity contribution >= 4 is 32.9 Å². The lowest BCUT2D eigenvalue weighted by Gasteiger charge is -2.10. The Labute approximate surface area is 138 Å². The molecule has 0 aromatic heterocycles. The zero-order valence-electron chi connectivity index (χ0n) is 12.3. The summed E-state index contributed by atoms with van der Waals surface area (Å²) in [6.07, 6.45) is 0.632. The van der Waals surface area contributed by atoms with Crippen LogP contribution in [-0.2, 0) is 9.84 Å². The highest BCUT2D eigenvalue weighted by atomic mass is 32.2. The van der Waals surface area contributed by atoms with Gasteiger partial charge in [0, 0.05) is 10.9 Å². The van der Waals surface area contributed by atoms with E-state index in [0.717, 1.165) is 0 Å². The minimum atomic E-state index is -3.84. The van der Waals surface area contributed by atoms with Crippen molar-refractivity contribution in [1.82, 2.24) is 0 Å². The van der Waals surface area contributed by atoms with E-state index >= 15 is 0 Å². The topological polar surface area (TPSA) is 88.5 Å². The summed E-state index contributed by atoms with van der Waals surface area (Å²) in [5.74, 6) is -1.12. The zero-order valence-corrected chi connectivity index (χ0v) is 13.2. The molecule has 0 aliphatic heterocycles. The number of carbonyl (C=O) groups is 2. The van der Waals surface area contributed by atoms with Crippen molar-refractivity contribution in [3.05, 3.63) is 71.8 Å². The molecule has 0 saturated carbocycles.